The van der Waals surface area contributed by atoms with E-state index in [4.69, 9.17) is 0 Å². The minimum Gasteiger partial charge on any atom is -0.361 e. The fraction of sp³-hybridized carbons (Fsp3) is 0.333. The van der Waals surface area contributed by atoms with Crippen molar-refractivity contribution in [3.63, 3.8) is 0 Å². The highest BCUT2D eigenvalue weighted by Crippen LogP contribution is 2.28. The molecule has 1 N–H and O–H groups in total. The summed E-state index contributed by atoms with van der Waals surface area (Å²) in [4.78, 5) is 3.09. The van der Waals surface area contributed by atoms with Crippen molar-refractivity contribution in [3.8, 4) is 0 Å². The standard InChI is InChI=1S/C12H14FN/c1-12(2,3)9-7-11-8(4-5-14-11)6-10(9)13/h4-7,14H,1-3H3. The third-order valence-electron chi connectivity index (χ3n) is 2.45. The number of fused-ring (bicyclic) bond motifs is 1. The van der Waals surface area contributed by atoms with Crippen LogP contribution in [0.5, 0.6) is 0 Å². The summed E-state index contributed by atoms with van der Waals surface area (Å²) in [5.74, 6) is -0.121. The summed E-state index contributed by atoms with van der Waals surface area (Å²) in [6, 6.07) is 5.36. The van der Waals surface area contributed by atoms with E-state index in [1.165, 1.54) is 0 Å². The molecule has 0 fully saturated rings. The van der Waals surface area contributed by atoms with E-state index in [-0.39, 0.29) is 11.2 Å². The Morgan fingerprint density at radius 3 is 2.57 bits per heavy atom. The van der Waals surface area contributed by atoms with Crippen molar-refractivity contribution in [2.24, 2.45) is 0 Å². The molecule has 0 radical (unpaired) electrons. The van der Waals surface area contributed by atoms with E-state index in [1.54, 1.807) is 6.07 Å². The van der Waals surface area contributed by atoms with Gasteiger partial charge in [-0.15, -0.1) is 0 Å². The van der Waals surface area contributed by atoms with Gasteiger partial charge in [0.15, 0.2) is 0 Å². The molecule has 0 aliphatic heterocycles. The highest BCUT2D eigenvalue weighted by Gasteiger charge is 2.18. The molecule has 0 saturated carbocycles. The third-order valence-corrected chi connectivity index (χ3v) is 2.45. The maximum Gasteiger partial charge on any atom is 0.127 e. The minimum atomic E-state index is -0.149. The van der Waals surface area contributed by atoms with Gasteiger partial charge in [-0.05, 0) is 29.2 Å². The number of H-pyrrole nitrogens is 1. The summed E-state index contributed by atoms with van der Waals surface area (Å²) >= 11 is 0. The fourth-order valence-electron chi connectivity index (χ4n) is 1.65. The van der Waals surface area contributed by atoms with Crippen LogP contribution in [0.3, 0.4) is 0 Å². The Morgan fingerprint density at radius 1 is 1.21 bits per heavy atom. The van der Waals surface area contributed by atoms with Crippen molar-refractivity contribution in [1.82, 2.24) is 4.98 Å². The Hall–Kier alpha value is -1.31. The van der Waals surface area contributed by atoms with E-state index >= 15 is 0 Å². The van der Waals surface area contributed by atoms with Crippen LogP contribution in [0.2, 0.25) is 0 Å². The summed E-state index contributed by atoms with van der Waals surface area (Å²) in [5, 5.41) is 0.926. The van der Waals surface area contributed by atoms with Crippen LogP contribution < -0.4 is 0 Å². The van der Waals surface area contributed by atoms with E-state index in [9.17, 15) is 4.39 Å². The zero-order valence-electron chi connectivity index (χ0n) is 8.69. The van der Waals surface area contributed by atoms with Gasteiger partial charge in [0.05, 0.1) is 0 Å². The molecule has 0 bridgehead atoms. The lowest BCUT2D eigenvalue weighted by Gasteiger charge is -2.19. The Kier molecular flexibility index (Phi) is 1.88. The number of hydrogen-bond acceptors (Lipinski definition) is 0. The molecule has 0 saturated heterocycles. The summed E-state index contributed by atoms with van der Waals surface area (Å²) in [7, 11) is 0. The molecule has 0 aliphatic carbocycles. The molecule has 1 heterocycles. The van der Waals surface area contributed by atoms with Gasteiger partial charge in [0, 0.05) is 17.1 Å². The van der Waals surface area contributed by atoms with Crippen LogP contribution in [0, 0.1) is 5.82 Å². The zero-order valence-corrected chi connectivity index (χ0v) is 8.69. The Labute approximate surface area is 82.9 Å². The van der Waals surface area contributed by atoms with Crippen LogP contribution in [0.4, 0.5) is 4.39 Å². The van der Waals surface area contributed by atoms with Gasteiger partial charge in [-0.1, -0.05) is 20.8 Å². The van der Waals surface area contributed by atoms with Gasteiger partial charge >= 0.3 is 0 Å². The number of rotatable bonds is 0. The predicted molar refractivity (Wildman–Crippen MR) is 57.0 cm³/mol. The monoisotopic (exact) mass is 191 g/mol. The molecule has 0 spiro atoms. The second-order valence-corrected chi connectivity index (χ2v) is 4.65. The van der Waals surface area contributed by atoms with E-state index in [1.807, 2.05) is 39.1 Å². The highest BCUT2D eigenvalue weighted by atomic mass is 19.1. The van der Waals surface area contributed by atoms with Crippen LogP contribution in [-0.4, -0.2) is 4.98 Å². The van der Waals surface area contributed by atoms with Crippen LogP contribution in [0.15, 0.2) is 24.4 Å². The molecular weight excluding hydrogens is 177 g/mol. The van der Waals surface area contributed by atoms with Crippen LogP contribution >= 0.6 is 0 Å². The molecule has 1 nitrogen and oxygen atoms in total. The van der Waals surface area contributed by atoms with Gasteiger partial charge < -0.3 is 4.98 Å². The number of halogens is 1. The Bertz CT molecular complexity index is 463. The van der Waals surface area contributed by atoms with Crippen molar-refractivity contribution in [1.29, 1.82) is 0 Å². The van der Waals surface area contributed by atoms with Gasteiger partial charge in [0.1, 0.15) is 5.82 Å². The minimum absolute atomic E-state index is 0.121. The molecular formula is C12H14FN. The third kappa shape index (κ3) is 1.41. The molecule has 2 rings (SSSR count). The van der Waals surface area contributed by atoms with E-state index in [2.05, 4.69) is 4.98 Å². The smallest absolute Gasteiger partial charge is 0.127 e. The zero-order chi connectivity index (χ0) is 10.3. The molecule has 14 heavy (non-hydrogen) atoms. The van der Waals surface area contributed by atoms with Crippen molar-refractivity contribution in [2.75, 3.05) is 0 Å². The second kappa shape index (κ2) is 2.84. The normalized spacial score (nSPS) is 12.3. The van der Waals surface area contributed by atoms with Gasteiger partial charge in [-0.3, -0.25) is 0 Å². The average molecular weight is 191 g/mol. The van der Waals surface area contributed by atoms with Crippen LogP contribution in [0.1, 0.15) is 26.3 Å². The predicted octanol–water partition coefficient (Wildman–Crippen LogP) is 3.60. The lowest BCUT2D eigenvalue weighted by molar-refractivity contribution is 0.524. The first kappa shape index (κ1) is 9.25. The highest BCUT2D eigenvalue weighted by molar-refractivity contribution is 5.80. The number of benzene rings is 1. The van der Waals surface area contributed by atoms with Crippen LogP contribution in [0.25, 0.3) is 10.9 Å². The second-order valence-electron chi connectivity index (χ2n) is 4.65. The summed E-state index contributed by atoms with van der Waals surface area (Å²) in [6.07, 6.45) is 1.83. The van der Waals surface area contributed by atoms with Crippen molar-refractivity contribution >= 4 is 10.9 Å². The molecule has 0 atom stereocenters. The summed E-state index contributed by atoms with van der Waals surface area (Å²) in [6.45, 7) is 6.04. The maximum absolute atomic E-state index is 13.7. The Morgan fingerprint density at radius 2 is 1.93 bits per heavy atom. The molecule has 2 aromatic rings. The molecule has 1 aromatic carbocycles. The van der Waals surface area contributed by atoms with E-state index < -0.39 is 0 Å². The first-order chi connectivity index (χ1) is 6.48. The topological polar surface area (TPSA) is 15.8 Å². The number of nitrogens with one attached hydrogen (secondary N) is 1. The van der Waals surface area contributed by atoms with Gasteiger partial charge in [-0.2, -0.15) is 0 Å². The molecule has 74 valence electrons. The number of aromatic nitrogens is 1. The summed E-state index contributed by atoms with van der Waals surface area (Å²) < 4.78 is 13.7. The first-order valence-electron chi connectivity index (χ1n) is 4.75. The quantitative estimate of drug-likeness (QED) is 0.654. The SMILES string of the molecule is CC(C)(C)c1cc2[nH]ccc2cc1F. The van der Waals surface area contributed by atoms with Gasteiger partial charge in [0.2, 0.25) is 0 Å². The molecule has 0 amide bonds. The van der Waals surface area contributed by atoms with E-state index in [0.717, 1.165) is 16.5 Å². The van der Waals surface area contributed by atoms with Crippen molar-refractivity contribution in [2.45, 2.75) is 26.2 Å². The summed E-state index contributed by atoms with van der Waals surface area (Å²) in [5.41, 5.74) is 1.60. The largest absolute Gasteiger partial charge is 0.361 e. The number of hydrogen-bond donors (Lipinski definition) is 1. The lowest BCUT2D eigenvalue weighted by Crippen LogP contribution is -2.13. The Balaban J connectivity index is 2.71. The lowest BCUT2D eigenvalue weighted by atomic mass is 9.86. The van der Waals surface area contributed by atoms with Gasteiger partial charge in [0.25, 0.3) is 0 Å². The van der Waals surface area contributed by atoms with E-state index in [0.29, 0.717) is 0 Å². The fourth-order valence-corrected chi connectivity index (χ4v) is 1.65. The van der Waals surface area contributed by atoms with Crippen LogP contribution in [-0.2, 0) is 5.41 Å². The van der Waals surface area contributed by atoms with Crippen molar-refractivity contribution in [3.05, 3.63) is 35.8 Å². The average Bonchev–Trinajstić information content (AvgIpc) is 2.47. The molecule has 1 aromatic heterocycles. The van der Waals surface area contributed by atoms with Crippen molar-refractivity contribution < 1.29 is 4.39 Å². The number of aromatic amines is 1. The first-order valence-corrected chi connectivity index (χ1v) is 4.75. The van der Waals surface area contributed by atoms with Gasteiger partial charge in [-0.25, -0.2) is 4.39 Å². The maximum atomic E-state index is 13.7. The molecule has 0 unspecified atom stereocenters. The molecule has 2 heteroatoms. The molecule has 0 aliphatic rings.